The molecule has 2 rings (SSSR count). The normalized spacial score (nSPS) is 22.1. The Morgan fingerprint density at radius 1 is 1.32 bits per heavy atom. The van der Waals surface area contributed by atoms with Crippen molar-refractivity contribution in [1.29, 1.82) is 0 Å². The molecule has 104 valence electrons. The van der Waals surface area contributed by atoms with Gasteiger partial charge in [-0.2, -0.15) is 0 Å². The minimum Gasteiger partial charge on any atom is -0.497 e. The molecule has 1 heterocycles. The number of nitrogens with two attached hydrogens (primary N) is 1. The van der Waals surface area contributed by atoms with Gasteiger partial charge in [0.2, 0.25) is 5.91 Å². The van der Waals surface area contributed by atoms with Crippen molar-refractivity contribution in [2.45, 2.75) is 12.0 Å². The predicted octanol–water partition coefficient (Wildman–Crippen LogP) is 0.760. The Morgan fingerprint density at radius 2 is 1.95 bits per heavy atom. The van der Waals surface area contributed by atoms with E-state index < -0.39 is 5.54 Å². The van der Waals surface area contributed by atoms with Crippen LogP contribution in [0.5, 0.6) is 11.5 Å². The second-order valence-corrected chi connectivity index (χ2v) is 4.51. The fourth-order valence-electron chi connectivity index (χ4n) is 1.90. The van der Waals surface area contributed by atoms with Crippen molar-refractivity contribution in [1.82, 2.24) is 0 Å². The predicted molar refractivity (Wildman–Crippen MR) is 70.5 cm³/mol. The van der Waals surface area contributed by atoms with Gasteiger partial charge < -0.3 is 25.3 Å². The van der Waals surface area contributed by atoms with Crippen LogP contribution in [0.4, 0.5) is 5.69 Å². The van der Waals surface area contributed by atoms with Crippen LogP contribution >= 0.6 is 0 Å². The molecular formula is C13H18N2O4. The molecule has 1 aliphatic heterocycles. The second-order valence-electron chi connectivity index (χ2n) is 4.51. The van der Waals surface area contributed by atoms with Crippen LogP contribution < -0.4 is 20.5 Å². The van der Waals surface area contributed by atoms with Gasteiger partial charge in [-0.25, -0.2) is 0 Å². The van der Waals surface area contributed by atoms with Crippen LogP contribution in [0, 0.1) is 0 Å². The molecule has 1 aromatic carbocycles. The molecule has 1 fully saturated rings. The summed E-state index contributed by atoms with van der Waals surface area (Å²) in [6, 6.07) is 5.14. The molecule has 1 aliphatic rings. The first kappa shape index (κ1) is 13.6. The second kappa shape index (κ2) is 5.46. The summed E-state index contributed by atoms with van der Waals surface area (Å²) in [6.45, 7) is 0.741. The quantitative estimate of drug-likeness (QED) is 0.840. The van der Waals surface area contributed by atoms with Gasteiger partial charge in [-0.3, -0.25) is 4.79 Å². The summed E-state index contributed by atoms with van der Waals surface area (Å²) >= 11 is 0. The van der Waals surface area contributed by atoms with E-state index >= 15 is 0 Å². The number of benzene rings is 1. The van der Waals surface area contributed by atoms with Crippen LogP contribution in [-0.4, -0.2) is 38.9 Å². The fraction of sp³-hybridized carbons (Fsp3) is 0.462. The Kier molecular flexibility index (Phi) is 3.92. The zero-order chi connectivity index (χ0) is 13.9. The van der Waals surface area contributed by atoms with Crippen LogP contribution in [-0.2, 0) is 9.53 Å². The Labute approximate surface area is 111 Å². The zero-order valence-electron chi connectivity index (χ0n) is 11.1. The van der Waals surface area contributed by atoms with Gasteiger partial charge in [0.1, 0.15) is 17.0 Å². The SMILES string of the molecule is COc1cc(NC(=O)C2(N)CCOC2)cc(OC)c1. The molecule has 19 heavy (non-hydrogen) atoms. The average Bonchev–Trinajstić information content (AvgIpc) is 2.86. The van der Waals surface area contributed by atoms with E-state index in [-0.39, 0.29) is 12.5 Å². The first-order valence-corrected chi connectivity index (χ1v) is 5.98. The molecular weight excluding hydrogens is 248 g/mol. The zero-order valence-corrected chi connectivity index (χ0v) is 11.1. The standard InChI is InChI=1S/C13H18N2O4/c1-17-10-5-9(6-11(7-10)18-2)15-12(16)13(14)3-4-19-8-13/h5-7H,3-4,8,14H2,1-2H3,(H,15,16). The van der Waals surface area contributed by atoms with Crippen molar-refractivity contribution in [3.8, 4) is 11.5 Å². The van der Waals surface area contributed by atoms with Gasteiger partial charge in [0.25, 0.3) is 0 Å². The molecule has 1 aromatic rings. The molecule has 1 amide bonds. The minimum atomic E-state index is -0.962. The highest BCUT2D eigenvalue weighted by molar-refractivity contribution is 5.98. The third-order valence-electron chi connectivity index (χ3n) is 3.11. The molecule has 6 heteroatoms. The lowest BCUT2D eigenvalue weighted by Crippen LogP contribution is -2.51. The molecule has 0 aromatic heterocycles. The maximum absolute atomic E-state index is 12.1. The maximum Gasteiger partial charge on any atom is 0.246 e. The Morgan fingerprint density at radius 3 is 2.42 bits per heavy atom. The molecule has 1 unspecified atom stereocenters. The minimum absolute atomic E-state index is 0.236. The van der Waals surface area contributed by atoms with Crippen LogP contribution in [0.15, 0.2) is 18.2 Å². The molecule has 0 spiro atoms. The van der Waals surface area contributed by atoms with Crippen LogP contribution in [0.2, 0.25) is 0 Å². The summed E-state index contributed by atoms with van der Waals surface area (Å²) in [4.78, 5) is 12.1. The number of hydrogen-bond acceptors (Lipinski definition) is 5. The van der Waals surface area contributed by atoms with E-state index in [1.807, 2.05) is 0 Å². The summed E-state index contributed by atoms with van der Waals surface area (Å²) < 4.78 is 15.5. The number of carbonyl (C=O) groups is 1. The smallest absolute Gasteiger partial charge is 0.246 e. The van der Waals surface area contributed by atoms with Gasteiger partial charge in [0, 0.05) is 30.5 Å². The maximum atomic E-state index is 12.1. The summed E-state index contributed by atoms with van der Waals surface area (Å²) in [5.41, 5.74) is 5.61. The van der Waals surface area contributed by atoms with E-state index in [0.29, 0.717) is 30.2 Å². The summed E-state index contributed by atoms with van der Waals surface area (Å²) in [7, 11) is 3.10. The Hall–Kier alpha value is -1.79. The average molecular weight is 266 g/mol. The Bertz CT molecular complexity index is 447. The molecule has 3 N–H and O–H groups in total. The van der Waals surface area contributed by atoms with Crippen LogP contribution in [0.25, 0.3) is 0 Å². The third-order valence-corrected chi connectivity index (χ3v) is 3.11. The van der Waals surface area contributed by atoms with E-state index in [1.165, 1.54) is 0 Å². The Balaban J connectivity index is 2.16. The lowest BCUT2D eigenvalue weighted by atomic mass is 9.99. The lowest BCUT2D eigenvalue weighted by Gasteiger charge is -2.21. The van der Waals surface area contributed by atoms with E-state index in [1.54, 1.807) is 32.4 Å². The molecule has 6 nitrogen and oxygen atoms in total. The topological polar surface area (TPSA) is 82.8 Å². The van der Waals surface area contributed by atoms with Crippen LogP contribution in [0.1, 0.15) is 6.42 Å². The molecule has 0 saturated carbocycles. The van der Waals surface area contributed by atoms with Crippen molar-refractivity contribution in [2.24, 2.45) is 5.73 Å². The molecule has 1 saturated heterocycles. The van der Waals surface area contributed by atoms with E-state index in [9.17, 15) is 4.79 Å². The first-order valence-electron chi connectivity index (χ1n) is 5.98. The monoisotopic (exact) mass is 266 g/mol. The molecule has 0 radical (unpaired) electrons. The summed E-state index contributed by atoms with van der Waals surface area (Å²) in [6.07, 6.45) is 0.514. The molecule has 0 bridgehead atoms. The van der Waals surface area contributed by atoms with E-state index in [2.05, 4.69) is 5.32 Å². The van der Waals surface area contributed by atoms with Gasteiger partial charge in [-0.05, 0) is 6.42 Å². The number of rotatable bonds is 4. The van der Waals surface area contributed by atoms with E-state index in [4.69, 9.17) is 19.9 Å². The van der Waals surface area contributed by atoms with Crippen LogP contribution in [0.3, 0.4) is 0 Å². The number of amides is 1. The van der Waals surface area contributed by atoms with Crippen molar-refractivity contribution in [3.63, 3.8) is 0 Å². The first-order chi connectivity index (χ1) is 9.07. The number of ether oxygens (including phenoxy) is 3. The molecule has 1 atom stereocenters. The summed E-state index contributed by atoms with van der Waals surface area (Å²) in [5.74, 6) is 0.937. The number of methoxy groups -OCH3 is 2. The number of carbonyl (C=O) groups excluding carboxylic acids is 1. The van der Waals surface area contributed by atoms with Gasteiger partial charge >= 0.3 is 0 Å². The van der Waals surface area contributed by atoms with Gasteiger partial charge in [0.05, 0.1) is 20.8 Å². The van der Waals surface area contributed by atoms with E-state index in [0.717, 1.165) is 0 Å². The number of hydrogen-bond donors (Lipinski definition) is 2. The largest absolute Gasteiger partial charge is 0.497 e. The van der Waals surface area contributed by atoms with Crippen molar-refractivity contribution < 1.29 is 19.0 Å². The van der Waals surface area contributed by atoms with Gasteiger partial charge in [-0.1, -0.05) is 0 Å². The van der Waals surface area contributed by atoms with Crippen molar-refractivity contribution in [3.05, 3.63) is 18.2 Å². The highest BCUT2D eigenvalue weighted by atomic mass is 16.5. The molecule has 0 aliphatic carbocycles. The number of anilines is 1. The van der Waals surface area contributed by atoms with Crippen molar-refractivity contribution in [2.75, 3.05) is 32.8 Å². The third kappa shape index (κ3) is 2.97. The lowest BCUT2D eigenvalue weighted by molar-refractivity contribution is -0.121. The highest BCUT2D eigenvalue weighted by Gasteiger charge is 2.38. The number of nitrogens with one attached hydrogen (secondary N) is 1. The summed E-state index contributed by atoms with van der Waals surface area (Å²) in [5, 5.41) is 2.77. The van der Waals surface area contributed by atoms with Gasteiger partial charge in [-0.15, -0.1) is 0 Å². The fourth-order valence-corrected chi connectivity index (χ4v) is 1.90. The van der Waals surface area contributed by atoms with Crippen molar-refractivity contribution >= 4 is 11.6 Å². The van der Waals surface area contributed by atoms with Gasteiger partial charge in [0.15, 0.2) is 0 Å². The highest BCUT2D eigenvalue weighted by Crippen LogP contribution is 2.27.